The summed E-state index contributed by atoms with van der Waals surface area (Å²) < 4.78 is 1.69. The molecule has 0 bridgehead atoms. The molecule has 98 valence electrons. The Morgan fingerprint density at radius 1 is 1.47 bits per heavy atom. The number of fused-ring (bicyclic) bond motifs is 1. The second-order valence-electron chi connectivity index (χ2n) is 4.16. The lowest BCUT2D eigenvalue weighted by Gasteiger charge is -2.19. The monoisotopic (exact) mass is 293 g/mol. The summed E-state index contributed by atoms with van der Waals surface area (Å²) in [5.74, 6) is 1.41. The smallest absolute Gasteiger partial charge is 0.255 e. The van der Waals surface area contributed by atoms with Crippen LogP contribution in [-0.4, -0.2) is 33.2 Å². The maximum absolute atomic E-state index is 6.01. The summed E-state index contributed by atoms with van der Waals surface area (Å²) in [6.07, 6.45) is 2.47. The maximum atomic E-state index is 6.01. The molecule has 0 saturated carbocycles. The molecular weight excluding hydrogens is 282 g/mol. The molecule has 3 heterocycles. The number of rotatable bonds is 4. The average Bonchev–Trinajstić information content (AvgIpc) is 3.05. The largest absolute Gasteiger partial charge is 0.359 e. The van der Waals surface area contributed by atoms with Crippen LogP contribution in [0, 0.1) is 0 Å². The molecule has 0 aliphatic rings. The van der Waals surface area contributed by atoms with Crippen molar-refractivity contribution in [3.63, 3.8) is 0 Å². The standard InChI is InChI=1S/C12H12ClN5S/c1-17(5-4-9-3-2-6-19-9)11-7-10(13)16-12-14-8-15-18(11)12/h2-3,6-8H,4-5H2,1H3. The van der Waals surface area contributed by atoms with Crippen molar-refractivity contribution in [2.45, 2.75) is 6.42 Å². The summed E-state index contributed by atoms with van der Waals surface area (Å²) in [4.78, 5) is 11.7. The Morgan fingerprint density at radius 3 is 3.16 bits per heavy atom. The molecule has 0 saturated heterocycles. The maximum Gasteiger partial charge on any atom is 0.255 e. The number of halogens is 1. The van der Waals surface area contributed by atoms with Gasteiger partial charge in [-0.05, 0) is 17.9 Å². The van der Waals surface area contributed by atoms with Crippen LogP contribution in [0.5, 0.6) is 0 Å². The first kappa shape index (κ1) is 12.4. The van der Waals surface area contributed by atoms with Crippen molar-refractivity contribution in [2.24, 2.45) is 0 Å². The van der Waals surface area contributed by atoms with Crippen molar-refractivity contribution < 1.29 is 0 Å². The lowest BCUT2D eigenvalue weighted by molar-refractivity contribution is 0.820. The van der Waals surface area contributed by atoms with E-state index in [1.807, 2.05) is 7.05 Å². The number of thiophene rings is 1. The zero-order chi connectivity index (χ0) is 13.2. The topological polar surface area (TPSA) is 46.3 Å². The third-order valence-corrected chi connectivity index (χ3v) is 4.00. The summed E-state index contributed by atoms with van der Waals surface area (Å²) in [5.41, 5.74) is 0. The minimum absolute atomic E-state index is 0.429. The lowest BCUT2D eigenvalue weighted by Crippen LogP contribution is -2.23. The molecule has 3 aromatic rings. The van der Waals surface area contributed by atoms with Crippen LogP contribution in [0.3, 0.4) is 0 Å². The molecule has 3 aromatic heterocycles. The van der Waals surface area contributed by atoms with Crippen LogP contribution in [-0.2, 0) is 6.42 Å². The van der Waals surface area contributed by atoms with Crippen LogP contribution in [0.25, 0.3) is 5.78 Å². The van der Waals surface area contributed by atoms with Gasteiger partial charge in [0.25, 0.3) is 5.78 Å². The molecule has 0 fully saturated rings. The molecule has 0 spiro atoms. The molecular formula is C12H12ClN5S. The first-order valence-electron chi connectivity index (χ1n) is 5.84. The Bertz CT molecular complexity index is 679. The van der Waals surface area contributed by atoms with Crippen molar-refractivity contribution in [3.8, 4) is 0 Å². The molecule has 5 nitrogen and oxygen atoms in total. The molecule has 3 rings (SSSR count). The first-order valence-corrected chi connectivity index (χ1v) is 7.09. The summed E-state index contributed by atoms with van der Waals surface area (Å²) in [6.45, 7) is 0.885. The van der Waals surface area contributed by atoms with Crippen molar-refractivity contribution in [1.29, 1.82) is 0 Å². The predicted molar refractivity (Wildman–Crippen MR) is 77.1 cm³/mol. The number of likely N-dealkylation sites (N-methyl/N-ethyl adjacent to an activating group) is 1. The van der Waals surface area contributed by atoms with Gasteiger partial charge in [-0.25, -0.2) is 0 Å². The van der Waals surface area contributed by atoms with Crippen molar-refractivity contribution in [2.75, 3.05) is 18.5 Å². The lowest BCUT2D eigenvalue weighted by atomic mass is 10.3. The Labute approximate surface area is 119 Å². The van der Waals surface area contributed by atoms with Crippen molar-refractivity contribution in [1.82, 2.24) is 19.6 Å². The van der Waals surface area contributed by atoms with E-state index in [1.54, 1.807) is 21.9 Å². The van der Waals surface area contributed by atoms with Gasteiger partial charge in [-0.15, -0.1) is 11.3 Å². The molecule has 0 atom stereocenters. The van der Waals surface area contributed by atoms with Crippen LogP contribution >= 0.6 is 22.9 Å². The first-order chi connectivity index (χ1) is 9.24. The number of aromatic nitrogens is 4. The number of hydrogen-bond donors (Lipinski definition) is 0. The van der Waals surface area contributed by atoms with Gasteiger partial charge in [0.05, 0.1) is 0 Å². The predicted octanol–water partition coefficient (Wildman–Crippen LogP) is 2.52. The SMILES string of the molecule is CN(CCc1cccs1)c1cc(Cl)nc2ncnn12. The highest BCUT2D eigenvalue weighted by Crippen LogP contribution is 2.18. The minimum Gasteiger partial charge on any atom is -0.359 e. The highest BCUT2D eigenvalue weighted by Gasteiger charge is 2.10. The molecule has 0 radical (unpaired) electrons. The minimum atomic E-state index is 0.429. The third kappa shape index (κ3) is 2.54. The molecule has 7 heteroatoms. The highest BCUT2D eigenvalue weighted by atomic mass is 35.5. The summed E-state index contributed by atoms with van der Waals surface area (Å²) in [5, 5.41) is 6.69. The zero-order valence-electron chi connectivity index (χ0n) is 10.3. The number of nitrogens with zero attached hydrogens (tertiary/aromatic N) is 5. The quantitative estimate of drug-likeness (QED) is 0.694. The second kappa shape index (κ2) is 5.14. The van der Waals surface area contributed by atoms with Gasteiger partial charge in [0.15, 0.2) is 0 Å². The van der Waals surface area contributed by atoms with Gasteiger partial charge in [-0.1, -0.05) is 17.7 Å². The summed E-state index contributed by atoms with van der Waals surface area (Å²) in [7, 11) is 2.01. The van der Waals surface area contributed by atoms with E-state index >= 15 is 0 Å². The molecule has 0 aliphatic carbocycles. The molecule has 0 amide bonds. The van der Waals surface area contributed by atoms with Crippen LogP contribution in [0.4, 0.5) is 5.82 Å². The molecule has 0 N–H and O–H groups in total. The van der Waals surface area contributed by atoms with E-state index in [2.05, 4.69) is 37.5 Å². The normalized spacial score (nSPS) is 11.1. The van der Waals surface area contributed by atoms with Crippen LogP contribution in [0.15, 0.2) is 29.9 Å². The summed E-state index contributed by atoms with van der Waals surface area (Å²) >= 11 is 7.78. The van der Waals surface area contributed by atoms with Crippen molar-refractivity contribution >= 4 is 34.5 Å². The van der Waals surface area contributed by atoms with E-state index in [4.69, 9.17) is 11.6 Å². The van der Waals surface area contributed by atoms with Gasteiger partial charge in [0.1, 0.15) is 17.3 Å². The van der Waals surface area contributed by atoms with Gasteiger partial charge >= 0.3 is 0 Å². The van der Waals surface area contributed by atoms with Gasteiger partial charge in [0.2, 0.25) is 0 Å². The Morgan fingerprint density at radius 2 is 2.37 bits per heavy atom. The van der Waals surface area contributed by atoms with Gasteiger partial charge < -0.3 is 4.90 Å². The third-order valence-electron chi connectivity index (χ3n) is 2.87. The van der Waals surface area contributed by atoms with Crippen LogP contribution in [0.2, 0.25) is 5.15 Å². The van der Waals surface area contributed by atoms with E-state index in [-0.39, 0.29) is 0 Å². The van der Waals surface area contributed by atoms with Gasteiger partial charge in [-0.3, -0.25) is 0 Å². The fourth-order valence-corrected chi connectivity index (χ4v) is 2.76. The number of anilines is 1. The van der Waals surface area contributed by atoms with E-state index in [0.717, 1.165) is 18.8 Å². The van der Waals surface area contributed by atoms with E-state index in [9.17, 15) is 0 Å². The molecule has 0 aromatic carbocycles. The Kier molecular flexibility index (Phi) is 3.35. The fraction of sp³-hybridized carbons (Fsp3) is 0.250. The van der Waals surface area contributed by atoms with Crippen LogP contribution in [0.1, 0.15) is 4.88 Å². The van der Waals surface area contributed by atoms with E-state index in [0.29, 0.717) is 10.9 Å². The Balaban J connectivity index is 1.84. The van der Waals surface area contributed by atoms with Gasteiger partial charge in [0, 0.05) is 24.5 Å². The van der Waals surface area contributed by atoms with E-state index in [1.165, 1.54) is 11.2 Å². The molecule has 19 heavy (non-hydrogen) atoms. The average molecular weight is 294 g/mol. The van der Waals surface area contributed by atoms with Crippen LogP contribution < -0.4 is 4.90 Å². The molecule has 0 unspecified atom stereocenters. The van der Waals surface area contributed by atoms with Gasteiger partial charge in [-0.2, -0.15) is 19.6 Å². The second-order valence-corrected chi connectivity index (χ2v) is 5.58. The van der Waals surface area contributed by atoms with Crippen molar-refractivity contribution in [3.05, 3.63) is 39.9 Å². The number of hydrogen-bond acceptors (Lipinski definition) is 5. The fourth-order valence-electron chi connectivity index (χ4n) is 1.89. The Hall–Kier alpha value is -1.66. The van der Waals surface area contributed by atoms with E-state index < -0.39 is 0 Å². The summed E-state index contributed by atoms with van der Waals surface area (Å²) in [6, 6.07) is 6.01. The highest BCUT2D eigenvalue weighted by molar-refractivity contribution is 7.09. The molecule has 0 aliphatic heterocycles. The zero-order valence-corrected chi connectivity index (χ0v) is 11.9.